The monoisotopic (exact) mass is 669 g/mol. The van der Waals surface area contributed by atoms with Crippen molar-refractivity contribution in [2.75, 3.05) is 19.0 Å². The average molecular weight is 670 g/mol. The molecule has 0 radical (unpaired) electrons. The number of methoxy groups -OCH3 is 1. The molecule has 0 spiro atoms. The first kappa shape index (κ1) is 35.0. The Labute approximate surface area is 286 Å². The van der Waals surface area contributed by atoms with Crippen LogP contribution < -0.4 is 24.8 Å². The Kier molecular flexibility index (Phi) is 11.2. The summed E-state index contributed by atoms with van der Waals surface area (Å²) >= 11 is 0. The van der Waals surface area contributed by atoms with Crippen LogP contribution in [0.25, 0.3) is 10.9 Å². The predicted octanol–water partition coefficient (Wildman–Crippen LogP) is 7.68. The number of alkyl carbamates (subject to hydrolysis) is 1. The van der Waals surface area contributed by atoms with Gasteiger partial charge in [0.05, 0.1) is 19.2 Å². The second-order valence-electron chi connectivity index (χ2n) is 13.0. The van der Waals surface area contributed by atoms with Crippen molar-refractivity contribution in [2.45, 2.75) is 71.1 Å². The molecule has 1 saturated carbocycles. The molecule has 0 bridgehead atoms. The fourth-order valence-electron chi connectivity index (χ4n) is 5.52. The van der Waals surface area contributed by atoms with Gasteiger partial charge in [-0.25, -0.2) is 9.59 Å². The van der Waals surface area contributed by atoms with E-state index < -0.39 is 23.7 Å². The van der Waals surface area contributed by atoms with Crippen LogP contribution in [0.5, 0.6) is 23.0 Å². The largest absolute Gasteiger partial charge is 0.493 e. The Morgan fingerprint density at radius 3 is 2.37 bits per heavy atom. The number of hydrogen-bond donors (Lipinski definition) is 2. The standard InChI is InChI=1S/C38H43N3O8/c1-24-10-9-13-31(24)48-36(43)29(41-37(44)49-38(2,3)4)19-21-46-34-23-30-28(22-33(34)45-5)32(18-20-39-30)47-27-16-14-26(15-17-27)40-35(42)25-11-7-6-8-12-25/h6-8,11-12,14-18,20,22-24,29,31H,9-10,13,19,21H2,1-5H3,(H,40,42)(H,41,44)/t24?,29-,31?/m0/s1. The average Bonchev–Trinajstić information content (AvgIpc) is 3.48. The van der Waals surface area contributed by atoms with Gasteiger partial charge in [-0.1, -0.05) is 25.1 Å². The van der Waals surface area contributed by atoms with Gasteiger partial charge in [-0.05, 0) is 94.5 Å². The summed E-state index contributed by atoms with van der Waals surface area (Å²) in [4.78, 5) is 42.8. The van der Waals surface area contributed by atoms with E-state index in [1.54, 1.807) is 81.6 Å². The van der Waals surface area contributed by atoms with Gasteiger partial charge in [0.2, 0.25) is 0 Å². The van der Waals surface area contributed by atoms with Crippen molar-refractivity contribution < 1.29 is 38.1 Å². The molecular weight excluding hydrogens is 626 g/mol. The number of nitrogens with one attached hydrogen (secondary N) is 2. The van der Waals surface area contributed by atoms with Gasteiger partial charge >= 0.3 is 12.1 Å². The Balaban J connectivity index is 1.26. The van der Waals surface area contributed by atoms with Crippen molar-refractivity contribution >= 4 is 34.6 Å². The summed E-state index contributed by atoms with van der Waals surface area (Å²) < 4.78 is 29.1. The smallest absolute Gasteiger partial charge is 0.408 e. The van der Waals surface area contributed by atoms with E-state index in [9.17, 15) is 14.4 Å². The number of benzene rings is 3. The van der Waals surface area contributed by atoms with Gasteiger partial charge in [0.25, 0.3) is 5.91 Å². The van der Waals surface area contributed by atoms with Crippen LogP contribution in [0.1, 0.15) is 63.7 Å². The molecule has 4 aromatic rings. The Bertz CT molecular complexity index is 1760. The van der Waals surface area contributed by atoms with Crippen molar-refractivity contribution in [3.05, 3.63) is 84.6 Å². The summed E-state index contributed by atoms with van der Waals surface area (Å²) in [6, 6.07) is 20.3. The minimum Gasteiger partial charge on any atom is -0.493 e. The van der Waals surface area contributed by atoms with Gasteiger partial charge in [0.15, 0.2) is 11.5 Å². The molecule has 3 atom stereocenters. The number of ether oxygens (including phenoxy) is 5. The van der Waals surface area contributed by atoms with Crippen LogP contribution in [0, 0.1) is 5.92 Å². The highest BCUT2D eigenvalue weighted by Crippen LogP contribution is 2.37. The van der Waals surface area contributed by atoms with E-state index in [0.29, 0.717) is 45.2 Å². The van der Waals surface area contributed by atoms with Crippen LogP contribution in [-0.2, 0) is 14.3 Å². The number of carbonyl (C=O) groups is 3. The van der Waals surface area contributed by atoms with Crippen molar-refractivity contribution in [1.82, 2.24) is 10.3 Å². The number of aromatic nitrogens is 1. The molecule has 5 rings (SSSR count). The number of amides is 2. The van der Waals surface area contributed by atoms with Gasteiger partial charge < -0.3 is 34.3 Å². The molecule has 11 heteroatoms. The van der Waals surface area contributed by atoms with E-state index in [2.05, 4.69) is 22.5 Å². The molecule has 11 nitrogen and oxygen atoms in total. The maximum absolute atomic E-state index is 13.2. The normalized spacial score (nSPS) is 16.3. The maximum Gasteiger partial charge on any atom is 0.408 e. The van der Waals surface area contributed by atoms with Crippen molar-refractivity contribution in [2.24, 2.45) is 5.92 Å². The summed E-state index contributed by atoms with van der Waals surface area (Å²) in [6.45, 7) is 7.39. The maximum atomic E-state index is 13.2. The highest BCUT2D eigenvalue weighted by atomic mass is 16.6. The molecule has 1 aromatic heterocycles. The molecule has 1 aliphatic rings. The summed E-state index contributed by atoms with van der Waals surface area (Å²) in [5, 5.41) is 6.23. The van der Waals surface area contributed by atoms with Gasteiger partial charge in [-0.15, -0.1) is 0 Å². The van der Waals surface area contributed by atoms with E-state index in [0.717, 1.165) is 19.3 Å². The molecule has 2 unspecified atom stereocenters. The molecule has 258 valence electrons. The van der Waals surface area contributed by atoms with E-state index in [1.165, 1.54) is 7.11 Å². The highest BCUT2D eigenvalue weighted by molar-refractivity contribution is 6.04. The summed E-state index contributed by atoms with van der Waals surface area (Å²) in [5.74, 6) is 1.49. The van der Waals surface area contributed by atoms with E-state index >= 15 is 0 Å². The lowest BCUT2D eigenvalue weighted by Gasteiger charge is -2.25. The molecule has 1 fully saturated rings. The lowest BCUT2D eigenvalue weighted by atomic mass is 10.1. The number of fused-ring (bicyclic) bond motifs is 1. The Morgan fingerprint density at radius 1 is 0.939 bits per heavy atom. The van der Waals surface area contributed by atoms with Crippen molar-refractivity contribution in [3.63, 3.8) is 0 Å². The van der Waals surface area contributed by atoms with Gasteiger partial charge in [-0.2, -0.15) is 0 Å². The minimum absolute atomic E-state index is 0.0704. The Hall–Kier alpha value is -5.32. The van der Waals surface area contributed by atoms with E-state index in [4.69, 9.17) is 23.7 Å². The van der Waals surface area contributed by atoms with Crippen LogP contribution in [0.2, 0.25) is 0 Å². The van der Waals surface area contributed by atoms with E-state index in [1.807, 2.05) is 18.2 Å². The zero-order valence-corrected chi connectivity index (χ0v) is 28.5. The zero-order valence-electron chi connectivity index (χ0n) is 28.5. The summed E-state index contributed by atoms with van der Waals surface area (Å²) in [7, 11) is 1.53. The van der Waals surface area contributed by atoms with Crippen LogP contribution in [0.15, 0.2) is 79.0 Å². The lowest BCUT2D eigenvalue weighted by molar-refractivity contribution is -0.153. The quantitative estimate of drug-likeness (QED) is 0.146. The highest BCUT2D eigenvalue weighted by Gasteiger charge is 2.32. The van der Waals surface area contributed by atoms with Crippen LogP contribution in [0.4, 0.5) is 10.5 Å². The third kappa shape index (κ3) is 9.62. The molecule has 49 heavy (non-hydrogen) atoms. The molecular formula is C38H43N3O8. The van der Waals surface area contributed by atoms with Crippen molar-refractivity contribution in [1.29, 1.82) is 0 Å². The summed E-state index contributed by atoms with van der Waals surface area (Å²) in [5.41, 5.74) is 1.07. The molecule has 2 N–H and O–H groups in total. The Morgan fingerprint density at radius 2 is 1.69 bits per heavy atom. The molecule has 1 aliphatic carbocycles. The number of nitrogens with zero attached hydrogens (tertiary/aromatic N) is 1. The number of hydrogen-bond acceptors (Lipinski definition) is 9. The van der Waals surface area contributed by atoms with Gasteiger partial charge in [0, 0.05) is 35.3 Å². The van der Waals surface area contributed by atoms with Crippen LogP contribution in [-0.4, -0.2) is 54.4 Å². The van der Waals surface area contributed by atoms with Crippen molar-refractivity contribution in [3.8, 4) is 23.0 Å². The van der Waals surface area contributed by atoms with Gasteiger partial charge in [-0.3, -0.25) is 9.78 Å². The number of esters is 1. The third-order valence-electron chi connectivity index (χ3n) is 8.05. The minimum atomic E-state index is -0.967. The van der Waals surface area contributed by atoms with Gasteiger partial charge in [0.1, 0.15) is 29.2 Å². The molecule has 2 amide bonds. The second-order valence-corrected chi connectivity index (χ2v) is 13.0. The fourth-order valence-corrected chi connectivity index (χ4v) is 5.52. The molecule has 0 aliphatic heterocycles. The zero-order chi connectivity index (χ0) is 35.0. The number of rotatable bonds is 12. The topological polar surface area (TPSA) is 134 Å². The van der Waals surface area contributed by atoms with Crippen LogP contribution in [0.3, 0.4) is 0 Å². The first-order valence-electron chi connectivity index (χ1n) is 16.4. The molecule has 3 aromatic carbocycles. The second kappa shape index (κ2) is 15.7. The molecule has 0 saturated heterocycles. The fraction of sp³-hybridized carbons (Fsp3) is 0.368. The first-order valence-corrected chi connectivity index (χ1v) is 16.4. The summed E-state index contributed by atoms with van der Waals surface area (Å²) in [6.07, 6.45) is 3.67. The first-order chi connectivity index (χ1) is 23.5. The number of pyridine rings is 1. The van der Waals surface area contributed by atoms with E-state index in [-0.39, 0.29) is 31.0 Å². The number of carbonyl (C=O) groups excluding carboxylic acids is 3. The predicted molar refractivity (Wildman–Crippen MR) is 185 cm³/mol. The lowest BCUT2D eigenvalue weighted by Crippen LogP contribution is -2.46. The molecule has 1 heterocycles. The SMILES string of the molecule is COc1cc2c(Oc3ccc(NC(=O)c4ccccc4)cc3)ccnc2cc1OCC[C@H](NC(=O)OC(C)(C)C)C(=O)OC1CCCC1C. The van der Waals surface area contributed by atoms with Crippen LogP contribution >= 0.6 is 0 Å². The number of anilines is 1. The third-order valence-corrected chi connectivity index (χ3v) is 8.05.